The minimum atomic E-state index is -0.636. The fourth-order valence-corrected chi connectivity index (χ4v) is 4.96. The monoisotopic (exact) mass is 473 g/mol. The number of benzene rings is 3. The minimum Gasteiger partial charge on any atom is -0.508 e. The third-order valence-electron chi connectivity index (χ3n) is 6.98. The van der Waals surface area contributed by atoms with E-state index in [0.717, 1.165) is 40.8 Å². The highest BCUT2D eigenvalue weighted by molar-refractivity contribution is 5.95. The zero-order valence-corrected chi connectivity index (χ0v) is 20.0. The smallest absolute Gasteiger partial charge is 0.150 e. The lowest BCUT2D eigenvalue weighted by molar-refractivity contribution is 0.113. The molecule has 3 nitrogen and oxygen atoms in total. The topological polar surface area (TPSA) is 32.7 Å². The zero-order valence-electron chi connectivity index (χ0n) is 20.0. The summed E-state index contributed by atoms with van der Waals surface area (Å²) in [6.45, 7) is 7.45. The van der Waals surface area contributed by atoms with Crippen LogP contribution < -0.4 is 4.74 Å². The van der Waals surface area contributed by atoms with Gasteiger partial charge in [0.1, 0.15) is 29.2 Å². The summed E-state index contributed by atoms with van der Waals surface area (Å²) in [5, 5.41) is 9.99. The van der Waals surface area contributed by atoms with Crippen LogP contribution in [0, 0.1) is 17.6 Å². The maximum atomic E-state index is 14.1. The van der Waals surface area contributed by atoms with E-state index in [9.17, 15) is 13.9 Å². The summed E-state index contributed by atoms with van der Waals surface area (Å²) in [6.07, 6.45) is 4.97. The summed E-state index contributed by atoms with van der Waals surface area (Å²) < 4.78 is 34.6. The molecule has 2 heterocycles. The Morgan fingerprint density at radius 2 is 1.71 bits per heavy atom. The molecule has 0 aliphatic carbocycles. The number of fused-ring (bicyclic) bond motifs is 1. The van der Waals surface area contributed by atoms with Gasteiger partial charge in [-0.25, -0.2) is 8.78 Å². The van der Waals surface area contributed by atoms with Crippen LogP contribution in [-0.4, -0.2) is 29.6 Å². The number of likely N-dealkylation sites (tertiary alicyclic amines) is 1. The van der Waals surface area contributed by atoms with Gasteiger partial charge in [0.15, 0.2) is 0 Å². The number of ether oxygens (including phenoxy) is 1. The molecule has 0 aromatic heterocycles. The van der Waals surface area contributed by atoms with Gasteiger partial charge >= 0.3 is 0 Å². The van der Waals surface area contributed by atoms with Crippen molar-refractivity contribution in [2.24, 2.45) is 5.92 Å². The molecule has 0 spiro atoms. The van der Waals surface area contributed by atoms with E-state index in [1.807, 2.05) is 31.2 Å². The van der Waals surface area contributed by atoms with Gasteiger partial charge in [-0.1, -0.05) is 49.8 Å². The highest BCUT2D eigenvalue weighted by Gasteiger charge is 2.30. The van der Waals surface area contributed by atoms with Crippen LogP contribution in [0.1, 0.15) is 48.6 Å². The molecule has 3 aromatic rings. The van der Waals surface area contributed by atoms with Crippen LogP contribution in [0.4, 0.5) is 8.78 Å². The van der Waals surface area contributed by atoms with E-state index in [2.05, 4.69) is 24.0 Å². The van der Waals surface area contributed by atoms with Crippen molar-refractivity contribution in [1.29, 1.82) is 0 Å². The fraction of sp³-hybridized carbons (Fsp3) is 0.267. The highest BCUT2D eigenvalue weighted by Crippen LogP contribution is 2.47. The molecular weight excluding hydrogens is 444 g/mol. The molecule has 0 unspecified atom stereocenters. The number of allylic oxidation sites excluding steroid dienone is 1. The first-order chi connectivity index (χ1) is 16.9. The Bertz CT molecular complexity index is 1270. The van der Waals surface area contributed by atoms with Crippen LogP contribution in [0.5, 0.6) is 11.5 Å². The molecule has 3 aromatic carbocycles. The molecule has 1 saturated heterocycles. The lowest BCUT2D eigenvalue weighted by Crippen LogP contribution is -2.46. The molecule has 1 N–H and O–H groups in total. The summed E-state index contributed by atoms with van der Waals surface area (Å²) in [6, 6.07) is 16.5. The van der Waals surface area contributed by atoms with Crippen molar-refractivity contribution < 1.29 is 18.6 Å². The largest absolute Gasteiger partial charge is 0.508 e. The Morgan fingerprint density at radius 1 is 1.00 bits per heavy atom. The Hall–Kier alpha value is -3.44. The molecule has 0 saturated carbocycles. The Kier molecular flexibility index (Phi) is 6.44. The number of phenolic OH excluding ortho intramolecular Hbond substituents is 1. The lowest BCUT2D eigenvalue weighted by Gasteiger charge is -2.38. The number of hydrogen-bond acceptors (Lipinski definition) is 3. The van der Waals surface area contributed by atoms with Crippen molar-refractivity contribution in [3.8, 4) is 11.5 Å². The van der Waals surface area contributed by atoms with Crippen LogP contribution in [0.2, 0.25) is 0 Å². The molecule has 2 aliphatic heterocycles. The third kappa shape index (κ3) is 4.87. The van der Waals surface area contributed by atoms with Gasteiger partial charge in [0.25, 0.3) is 0 Å². The molecular formula is C30H29F2NO2. The van der Waals surface area contributed by atoms with Crippen molar-refractivity contribution in [1.82, 2.24) is 4.90 Å². The normalized spacial score (nSPS) is 18.5. The van der Waals surface area contributed by atoms with E-state index < -0.39 is 17.7 Å². The number of hydrogen-bond donors (Lipinski definition) is 1. The average molecular weight is 474 g/mol. The van der Waals surface area contributed by atoms with Gasteiger partial charge in [-0.2, -0.15) is 0 Å². The quantitative estimate of drug-likeness (QED) is 0.415. The predicted molar refractivity (Wildman–Crippen MR) is 136 cm³/mol. The second-order valence-electron chi connectivity index (χ2n) is 9.44. The van der Waals surface area contributed by atoms with E-state index in [1.165, 1.54) is 31.6 Å². The Labute approximate surface area is 205 Å². The van der Waals surface area contributed by atoms with Gasteiger partial charge in [0, 0.05) is 42.9 Å². The molecule has 5 rings (SSSR count). The number of aromatic hydroxyl groups is 1. The molecule has 2 aliphatic rings. The summed E-state index contributed by atoms with van der Waals surface area (Å²) in [4.78, 5) is 2.43. The van der Waals surface area contributed by atoms with E-state index in [-0.39, 0.29) is 5.75 Å². The first-order valence-corrected chi connectivity index (χ1v) is 12.1. The summed E-state index contributed by atoms with van der Waals surface area (Å²) in [7, 11) is 0. The van der Waals surface area contributed by atoms with Crippen LogP contribution in [-0.2, 0) is 0 Å². The minimum absolute atomic E-state index is 0.100. The van der Waals surface area contributed by atoms with Gasteiger partial charge in [-0.15, -0.1) is 0 Å². The standard InChI is InChI=1S/C30H29F2NO2/c1-3-20-17-33(18-20)12-4-5-21-6-8-22(9-7-21)30-29(23-13-24(31)15-25(32)14-23)19(2)27-11-10-26(34)16-28(27)35-30/h4-11,13-16,20,30,34H,3,12,17-18H2,1-2H3/b5-4+/t30-/m1/s1. The predicted octanol–water partition coefficient (Wildman–Crippen LogP) is 7.09. The molecule has 5 heteroatoms. The van der Waals surface area contributed by atoms with Crippen LogP contribution >= 0.6 is 0 Å². The molecule has 35 heavy (non-hydrogen) atoms. The number of rotatable bonds is 6. The van der Waals surface area contributed by atoms with Crippen molar-refractivity contribution in [3.05, 3.63) is 101 Å². The zero-order chi connectivity index (χ0) is 24.5. The lowest BCUT2D eigenvalue weighted by atomic mass is 9.86. The maximum Gasteiger partial charge on any atom is 0.150 e. The van der Waals surface area contributed by atoms with E-state index in [1.54, 1.807) is 18.2 Å². The molecule has 0 amide bonds. The van der Waals surface area contributed by atoms with E-state index >= 15 is 0 Å². The van der Waals surface area contributed by atoms with Gasteiger partial charge in [0.2, 0.25) is 0 Å². The Morgan fingerprint density at radius 3 is 2.40 bits per heavy atom. The SMILES string of the molecule is CCC1CN(C/C=C/c2ccc([C@H]3Oc4cc(O)ccc4C(C)=C3c3cc(F)cc(F)c3)cc2)C1. The van der Waals surface area contributed by atoms with Crippen molar-refractivity contribution in [3.63, 3.8) is 0 Å². The summed E-state index contributed by atoms with van der Waals surface area (Å²) >= 11 is 0. The van der Waals surface area contributed by atoms with Gasteiger partial charge in [-0.05, 0) is 59.4 Å². The van der Waals surface area contributed by atoms with E-state index in [4.69, 9.17) is 4.74 Å². The van der Waals surface area contributed by atoms with Crippen molar-refractivity contribution in [2.75, 3.05) is 19.6 Å². The highest BCUT2D eigenvalue weighted by atomic mass is 19.1. The fourth-order valence-electron chi connectivity index (χ4n) is 4.96. The Balaban J connectivity index is 1.45. The number of phenols is 1. The summed E-state index contributed by atoms with van der Waals surface area (Å²) in [5.41, 5.74) is 4.72. The maximum absolute atomic E-state index is 14.1. The molecule has 0 radical (unpaired) electrons. The molecule has 1 atom stereocenters. The van der Waals surface area contributed by atoms with Crippen LogP contribution in [0.3, 0.4) is 0 Å². The molecule has 1 fully saturated rings. The van der Waals surface area contributed by atoms with Gasteiger partial charge in [-0.3, -0.25) is 4.90 Å². The average Bonchev–Trinajstić information content (AvgIpc) is 2.80. The second kappa shape index (κ2) is 9.67. The third-order valence-corrected chi connectivity index (χ3v) is 6.98. The number of nitrogens with zero attached hydrogens (tertiary/aromatic N) is 1. The first kappa shape index (κ1) is 23.3. The van der Waals surface area contributed by atoms with Crippen molar-refractivity contribution in [2.45, 2.75) is 26.4 Å². The van der Waals surface area contributed by atoms with Crippen LogP contribution in [0.15, 0.2) is 66.7 Å². The van der Waals surface area contributed by atoms with E-state index in [0.29, 0.717) is 16.9 Å². The molecule has 180 valence electrons. The van der Waals surface area contributed by atoms with Gasteiger partial charge in [0.05, 0.1) is 0 Å². The second-order valence-corrected chi connectivity index (χ2v) is 9.44. The van der Waals surface area contributed by atoms with Crippen LogP contribution in [0.25, 0.3) is 17.2 Å². The number of halogens is 2. The van der Waals surface area contributed by atoms with Crippen molar-refractivity contribution >= 4 is 17.2 Å². The first-order valence-electron chi connectivity index (χ1n) is 12.1. The molecule has 0 bridgehead atoms. The van der Waals surface area contributed by atoms with Gasteiger partial charge < -0.3 is 9.84 Å². The summed E-state index contributed by atoms with van der Waals surface area (Å²) in [5.74, 6) is 0.204.